The zero-order chi connectivity index (χ0) is 22.0. The Kier molecular flexibility index (Phi) is 5.70. The van der Waals surface area contributed by atoms with Crippen molar-refractivity contribution in [1.82, 2.24) is 15.5 Å². The second-order valence-electron chi connectivity index (χ2n) is 7.98. The van der Waals surface area contributed by atoms with Gasteiger partial charge in [0.15, 0.2) is 5.82 Å². The number of ether oxygens (including phenoxy) is 1. The summed E-state index contributed by atoms with van der Waals surface area (Å²) in [5.74, 6) is 2.03. The normalized spacial score (nSPS) is 14.3. The Morgan fingerprint density at radius 3 is 2.13 bits per heavy atom. The highest BCUT2D eigenvalue weighted by Crippen LogP contribution is 2.38. The van der Waals surface area contributed by atoms with Crippen LogP contribution in [0.15, 0.2) is 53.1 Å². The molecule has 2 aromatic carbocycles. The molecule has 0 spiro atoms. The second-order valence-corrected chi connectivity index (χ2v) is 7.98. The topological polar surface area (TPSA) is 120 Å². The molecular weight excluding hydrogens is 396 g/mol. The molecule has 0 radical (unpaired) electrons. The summed E-state index contributed by atoms with van der Waals surface area (Å²) >= 11 is 0. The van der Waals surface area contributed by atoms with Crippen LogP contribution in [-0.4, -0.2) is 22.0 Å². The SMILES string of the molecule is CC(C)C(NC(=O)c1ccc(Oc2ccc(C(N)=O)cc2)cc1)c1nc(C2CC2)no1. The quantitative estimate of drug-likeness (QED) is 0.569. The van der Waals surface area contributed by atoms with Gasteiger partial charge < -0.3 is 20.3 Å². The molecule has 1 fully saturated rings. The Morgan fingerprint density at radius 1 is 1.03 bits per heavy atom. The molecule has 1 saturated carbocycles. The maximum Gasteiger partial charge on any atom is 0.251 e. The number of carbonyl (C=O) groups excluding carboxylic acids is 2. The first kappa shape index (κ1) is 20.6. The fraction of sp³-hybridized carbons (Fsp3) is 0.304. The lowest BCUT2D eigenvalue weighted by Crippen LogP contribution is -2.32. The van der Waals surface area contributed by atoms with Gasteiger partial charge >= 0.3 is 0 Å². The molecule has 31 heavy (non-hydrogen) atoms. The molecule has 2 amide bonds. The Labute approximate surface area is 179 Å². The van der Waals surface area contributed by atoms with Crippen molar-refractivity contribution in [2.75, 3.05) is 0 Å². The lowest BCUT2D eigenvalue weighted by Gasteiger charge is -2.18. The lowest BCUT2D eigenvalue weighted by atomic mass is 10.0. The summed E-state index contributed by atoms with van der Waals surface area (Å²) in [6, 6.07) is 12.9. The first-order valence-corrected chi connectivity index (χ1v) is 10.2. The summed E-state index contributed by atoms with van der Waals surface area (Å²) in [4.78, 5) is 28.4. The monoisotopic (exact) mass is 420 g/mol. The van der Waals surface area contributed by atoms with Crippen LogP contribution in [0.4, 0.5) is 0 Å². The molecule has 1 unspecified atom stereocenters. The maximum absolute atomic E-state index is 12.8. The summed E-state index contributed by atoms with van der Waals surface area (Å²) < 4.78 is 11.2. The number of nitrogens with two attached hydrogens (primary N) is 1. The van der Waals surface area contributed by atoms with E-state index in [1.165, 1.54) is 0 Å². The number of hydrogen-bond acceptors (Lipinski definition) is 6. The number of nitrogens with zero attached hydrogens (tertiary/aromatic N) is 2. The molecule has 1 heterocycles. The summed E-state index contributed by atoms with van der Waals surface area (Å²) in [6.45, 7) is 3.98. The van der Waals surface area contributed by atoms with E-state index in [1.807, 2.05) is 13.8 Å². The van der Waals surface area contributed by atoms with E-state index >= 15 is 0 Å². The van der Waals surface area contributed by atoms with E-state index in [0.717, 1.165) is 18.7 Å². The number of amides is 2. The van der Waals surface area contributed by atoms with Crippen molar-refractivity contribution >= 4 is 11.8 Å². The molecule has 4 rings (SSSR count). The molecule has 3 N–H and O–H groups in total. The summed E-state index contributed by atoms with van der Waals surface area (Å²) in [5.41, 5.74) is 6.13. The number of benzene rings is 2. The number of rotatable bonds is 8. The first-order valence-electron chi connectivity index (χ1n) is 10.2. The zero-order valence-corrected chi connectivity index (χ0v) is 17.4. The molecule has 1 aromatic heterocycles. The number of hydrogen-bond donors (Lipinski definition) is 2. The highest BCUT2D eigenvalue weighted by Gasteiger charge is 2.31. The van der Waals surface area contributed by atoms with Gasteiger partial charge in [-0.05, 0) is 67.3 Å². The molecule has 160 valence electrons. The minimum Gasteiger partial charge on any atom is -0.457 e. The van der Waals surface area contributed by atoms with Crippen molar-refractivity contribution in [3.63, 3.8) is 0 Å². The van der Waals surface area contributed by atoms with Gasteiger partial charge in [-0.25, -0.2) is 0 Å². The average Bonchev–Trinajstić information content (AvgIpc) is 3.50. The van der Waals surface area contributed by atoms with Gasteiger partial charge in [-0.15, -0.1) is 0 Å². The van der Waals surface area contributed by atoms with Gasteiger partial charge in [0.2, 0.25) is 11.8 Å². The molecule has 1 aliphatic carbocycles. The Morgan fingerprint density at radius 2 is 1.61 bits per heavy atom. The number of nitrogens with one attached hydrogen (secondary N) is 1. The molecule has 0 aliphatic heterocycles. The van der Waals surface area contributed by atoms with Crippen molar-refractivity contribution in [2.24, 2.45) is 11.7 Å². The number of aromatic nitrogens is 2. The van der Waals surface area contributed by atoms with Crippen LogP contribution in [0.2, 0.25) is 0 Å². The minimum atomic E-state index is -0.495. The molecule has 1 aliphatic rings. The molecule has 0 bridgehead atoms. The van der Waals surface area contributed by atoms with E-state index in [2.05, 4.69) is 15.5 Å². The van der Waals surface area contributed by atoms with E-state index in [1.54, 1.807) is 48.5 Å². The summed E-state index contributed by atoms with van der Waals surface area (Å²) in [5, 5.41) is 7.04. The van der Waals surface area contributed by atoms with Crippen molar-refractivity contribution in [3.05, 3.63) is 71.4 Å². The van der Waals surface area contributed by atoms with E-state index in [4.69, 9.17) is 15.0 Å². The Bertz CT molecular complexity index is 1070. The summed E-state index contributed by atoms with van der Waals surface area (Å²) in [6.07, 6.45) is 2.17. The number of primary amides is 1. The van der Waals surface area contributed by atoms with Crippen LogP contribution in [0.5, 0.6) is 11.5 Å². The fourth-order valence-corrected chi connectivity index (χ4v) is 3.12. The maximum atomic E-state index is 12.8. The van der Waals surface area contributed by atoms with Crippen molar-refractivity contribution in [1.29, 1.82) is 0 Å². The van der Waals surface area contributed by atoms with Crippen LogP contribution in [-0.2, 0) is 0 Å². The predicted molar refractivity (Wildman–Crippen MR) is 113 cm³/mol. The van der Waals surface area contributed by atoms with Crippen molar-refractivity contribution in [3.8, 4) is 11.5 Å². The first-order chi connectivity index (χ1) is 14.9. The third kappa shape index (κ3) is 4.91. The molecule has 0 saturated heterocycles. The van der Waals surface area contributed by atoms with Gasteiger partial charge in [-0.3, -0.25) is 9.59 Å². The van der Waals surface area contributed by atoms with Crippen LogP contribution < -0.4 is 15.8 Å². The van der Waals surface area contributed by atoms with E-state index in [0.29, 0.717) is 34.4 Å². The third-order valence-corrected chi connectivity index (χ3v) is 5.11. The smallest absolute Gasteiger partial charge is 0.251 e. The second kappa shape index (κ2) is 8.59. The Hall–Kier alpha value is -3.68. The van der Waals surface area contributed by atoms with Gasteiger partial charge in [0.1, 0.15) is 17.5 Å². The van der Waals surface area contributed by atoms with Crippen LogP contribution in [0, 0.1) is 5.92 Å². The highest BCUT2D eigenvalue weighted by atomic mass is 16.5. The van der Waals surface area contributed by atoms with Crippen LogP contribution in [0.25, 0.3) is 0 Å². The fourth-order valence-electron chi connectivity index (χ4n) is 3.12. The van der Waals surface area contributed by atoms with Crippen LogP contribution in [0.3, 0.4) is 0 Å². The molecule has 1 atom stereocenters. The number of carbonyl (C=O) groups is 2. The van der Waals surface area contributed by atoms with E-state index in [9.17, 15) is 9.59 Å². The average molecular weight is 420 g/mol. The highest BCUT2D eigenvalue weighted by molar-refractivity contribution is 5.94. The standard InChI is InChI=1S/C23H24N4O4/c1-13(2)19(23-26-21(27-31-23)15-3-4-15)25-22(29)16-7-11-18(12-8-16)30-17-9-5-14(6-10-17)20(24)28/h5-13,15,19H,3-4H2,1-2H3,(H2,24,28)(H,25,29). The summed E-state index contributed by atoms with van der Waals surface area (Å²) in [7, 11) is 0. The van der Waals surface area contributed by atoms with Gasteiger partial charge in [0, 0.05) is 17.0 Å². The lowest BCUT2D eigenvalue weighted by molar-refractivity contribution is 0.0913. The van der Waals surface area contributed by atoms with E-state index in [-0.39, 0.29) is 17.9 Å². The molecule has 8 nitrogen and oxygen atoms in total. The van der Waals surface area contributed by atoms with Crippen molar-refractivity contribution < 1.29 is 18.8 Å². The van der Waals surface area contributed by atoms with Crippen LogP contribution >= 0.6 is 0 Å². The molecule has 3 aromatic rings. The largest absolute Gasteiger partial charge is 0.457 e. The van der Waals surface area contributed by atoms with Crippen molar-refractivity contribution in [2.45, 2.75) is 38.6 Å². The van der Waals surface area contributed by atoms with Gasteiger partial charge in [-0.2, -0.15) is 4.98 Å². The minimum absolute atomic E-state index is 0.0856. The molecule has 8 heteroatoms. The molecular formula is C23H24N4O4. The van der Waals surface area contributed by atoms with Gasteiger partial charge in [0.05, 0.1) is 0 Å². The third-order valence-electron chi connectivity index (χ3n) is 5.11. The predicted octanol–water partition coefficient (Wildman–Crippen LogP) is 3.97. The van der Waals surface area contributed by atoms with Gasteiger partial charge in [0.25, 0.3) is 5.91 Å². The Balaban J connectivity index is 1.41. The van der Waals surface area contributed by atoms with E-state index < -0.39 is 5.91 Å². The zero-order valence-electron chi connectivity index (χ0n) is 17.4. The van der Waals surface area contributed by atoms with Crippen LogP contribution in [0.1, 0.15) is 71.1 Å². The van der Waals surface area contributed by atoms with Gasteiger partial charge in [-0.1, -0.05) is 19.0 Å².